The van der Waals surface area contributed by atoms with Gasteiger partial charge in [-0.25, -0.2) is 4.79 Å². The van der Waals surface area contributed by atoms with E-state index in [9.17, 15) is 9.59 Å². The van der Waals surface area contributed by atoms with E-state index in [1.165, 1.54) is 11.8 Å². The van der Waals surface area contributed by atoms with Crippen LogP contribution in [0.4, 0.5) is 0 Å². The van der Waals surface area contributed by atoms with E-state index >= 15 is 0 Å². The van der Waals surface area contributed by atoms with Crippen molar-refractivity contribution in [3.63, 3.8) is 0 Å². The van der Waals surface area contributed by atoms with Gasteiger partial charge in [-0.15, -0.1) is 0 Å². The molecule has 1 aliphatic heterocycles. The highest BCUT2D eigenvalue weighted by Crippen LogP contribution is 2.23. The maximum absolute atomic E-state index is 11.5. The summed E-state index contributed by atoms with van der Waals surface area (Å²) in [5.74, 6) is -0.498. The second-order valence-electron chi connectivity index (χ2n) is 3.27. The van der Waals surface area contributed by atoms with Crippen LogP contribution in [0.15, 0.2) is 11.3 Å². The summed E-state index contributed by atoms with van der Waals surface area (Å²) in [5, 5.41) is 0. The maximum Gasteiger partial charge on any atom is 0.354 e. The summed E-state index contributed by atoms with van der Waals surface area (Å²) in [7, 11) is 0. The van der Waals surface area contributed by atoms with Gasteiger partial charge in [0.2, 0.25) is 5.91 Å². The number of carbonyl (C=O) groups is 2. The second-order valence-corrected chi connectivity index (χ2v) is 3.27. The maximum atomic E-state index is 11.5. The summed E-state index contributed by atoms with van der Waals surface area (Å²) in [6.45, 7) is 5.99. The number of hydrogen-bond acceptors (Lipinski definition) is 3. The summed E-state index contributed by atoms with van der Waals surface area (Å²) in [6.07, 6.45) is 0.758. The molecule has 0 saturated heterocycles. The van der Waals surface area contributed by atoms with Gasteiger partial charge in [0.25, 0.3) is 0 Å². The van der Waals surface area contributed by atoms with Crippen LogP contribution in [0.2, 0.25) is 0 Å². The molecule has 0 spiro atoms. The van der Waals surface area contributed by atoms with Crippen LogP contribution >= 0.6 is 0 Å². The Balaban J connectivity index is 2.86. The zero-order chi connectivity index (χ0) is 10.7. The van der Waals surface area contributed by atoms with Crippen molar-refractivity contribution in [2.45, 2.75) is 27.2 Å². The fraction of sp³-hybridized carbons (Fsp3) is 0.600. The zero-order valence-corrected chi connectivity index (χ0v) is 8.79. The van der Waals surface area contributed by atoms with Gasteiger partial charge >= 0.3 is 5.97 Å². The van der Waals surface area contributed by atoms with E-state index in [2.05, 4.69) is 0 Å². The average Bonchev–Trinajstić information content (AvgIpc) is 2.47. The highest BCUT2D eigenvalue weighted by atomic mass is 16.5. The van der Waals surface area contributed by atoms with E-state index in [1.54, 1.807) is 6.92 Å². The van der Waals surface area contributed by atoms with Crippen molar-refractivity contribution in [2.75, 3.05) is 13.2 Å². The molecule has 1 amide bonds. The standard InChI is InChI=1S/C10H15NO3/c1-4-14-10(13)9-7(2)5-6-11(9)8(3)12/h4-6H2,1-3H3. The molecule has 4 nitrogen and oxygen atoms in total. The Morgan fingerprint density at radius 2 is 2.14 bits per heavy atom. The van der Waals surface area contributed by atoms with Crippen LogP contribution in [0.3, 0.4) is 0 Å². The third-order valence-corrected chi connectivity index (χ3v) is 2.23. The lowest BCUT2D eigenvalue weighted by atomic mass is 10.2. The van der Waals surface area contributed by atoms with Crippen LogP contribution in [0.25, 0.3) is 0 Å². The largest absolute Gasteiger partial charge is 0.461 e. The van der Waals surface area contributed by atoms with Crippen LogP contribution < -0.4 is 0 Å². The summed E-state index contributed by atoms with van der Waals surface area (Å²) >= 11 is 0. The topological polar surface area (TPSA) is 46.6 Å². The second kappa shape index (κ2) is 4.26. The van der Waals surface area contributed by atoms with E-state index in [0.29, 0.717) is 18.8 Å². The predicted molar refractivity (Wildman–Crippen MR) is 51.3 cm³/mol. The summed E-state index contributed by atoms with van der Waals surface area (Å²) in [5.41, 5.74) is 1.36. The number of amides is 1. The summed E-state index contributed by atoms with van der Waals surface area (Å²) in [4.78, 5) is 24.2. The van der Waals surface area contributed by atoms with Crippen LogP contribution in [-0.2, 0) is 14.3 Å². The van der Waals surface area contributed by atoms with E-state index in [0.717, 1.165) is 12.0 Å². The first kappa shape index (κ1) is 10.8. The van der Waals surface area contributed by atoms with Crippen molar-refractivity contribution in [2.24, 2.45) is 0 Å². The Labute approximate surface area is 83.5 Å². The molecule has 4 heteroatoms. The van der Waals surface area contributed by atoms with E-state index in [-0.39, 0.29) is 5.91 Å². The molecule has 14 heavy (non-hydrogen) atoms. The van der Waals surface area contributed by atoms with Crippen LogP contribution in [0.1, 0.15) is 27.2 Å². The van der Waals surface area contributed by atoms with Gasteiger partial charge in [0.05, 0.1) is 6.61 Å². The van der Waals surface area contributed by atoms with Crippen LogP contribution in [0.5, 0.6) is 0 Å². The molecule has 0 bridgehead atoms. The first-order valence-electron chi connectivity index (χ1n) is 4.73. The van der Waals surface area contributed by atoms with Crippen molar-refractivity contribution in [3.05, 3.63) is 11.3 Å². The monoisotopic (exact) mass is 197 g/mol. The number of hydrogen-bond donors (Lipinski definition) is 0. The van der Waals surface area contributed by atoms with E-state index < -0.39 is 5.97 Å². The molecular weight excluding hydrogens is 182 g/mol. The molecule has 1 rings (SSSR count). The molecular formula is C10H15NO3. The Hall–Kier alpha value is -1.32. The van der Waals surface area contributed by atoms with Crippen molar-refractivity contribution < 1.29 is 14.3 Å². The normalized spacial score (nSPS) is 16.1. The van der Waals surface area contributed by atoms with Gasteiger partial charge in [0.15, 0.2) is 0 Å². The smallest absolute Gasteiger partial charge is 0.354 e. The molecule has 0 saturated carbocycles. The van der Waals surface area contributed by atoms with Gasteiger partial charge in [-0.05, 0) is 25.8 Å². The van der Waals surface area contributed by atoms with Gasteiger partial charge in [0, 0.05) is 13.5 Å². The lowest BCUT2D eigenvalue weighted by Gasteiger charge is -2.16. The van der Waals surface area contributed by atoms with Gasteiger partial charge in [-0.1, -0.05) is 0 Å². The third kappa shape index (κ3) is 1.95. The molecule has 0 aliphatic carbocycles. The number of ether oxygens (including phenoxy) is 1. The molecule has 0 fully saturated rings. The van der Waals surface area contributed by atoms with E-state index in [1.807, 2.05) is 6.92 Å². The molecule has 0 unspecified atom stereocenters. The average molecular weight is 197 g/mol. The van der Waals surface area contributed by atoms with Gasteiger partial charge < -0.3 is 9.64 Å². The Morgan fingerprint density at radius 3 is 2.64 bits per heavy atom. The number of rotatable bonds is 2. The molecule has 0 radical (unpaired) electrons. The fourth-order valence-electron chi connectivity index (χ4n) is 1.54. The lowest BCUT2D eigenvalue weighted by Crippen LogP contribution is -2.30. The molecule has 0 aromatic rings. The van der Waals surface area contributed by atoms with Gasteiger partial charge in [0.1, 0.15) is 5.70 Å². The van der Waals surface area contributed by atoms with Crippen molar-refractivity contribution in [1.29, 1.82) is 0 Å². The minimum Gasteiger partial charge on any atom is -0.461 e. The predicted octanol–water partition coefficient (Wildman–Crippen LogP) is 1.08. The van der Waals surface area contributed by atoms with Crippen LogP contribution in [0, 0.1) is 0 Å². The molecule has 78 valence electrons. The minimum absolute atomic E-state index is 0.107. The number of carbonyl (C=O) groups excluding carboxylic acids is 2. The van der Waals surface area contributed by atoms with Gasteiger partial charge in [-0.3, -0.25) is 4.79 Å². The first-order valence-corrected chi connectivity index (χ1v) is 4.73. The molecule has 0 atom stereocenters. The van der Waals surface area contributed by atoms with Gasteiger partial charge in [-0.2, -0.15) is 0 Å². The minimum atomic E-state index is -0.391. The van der Waals surface area contributed by atoms with Crippen molar-refractivity contribution in [3.8, 4) is 0 Å². The molecule has 0 N–H and O–H groups in total. The van der Waals surface area contributed by atoms with Crippen molar-refractivity contribution >= 4 is 11.9 Å². The lowest BCUT2D eigenvalue weighted by molar-refractivity contribution is -0.143. The molecule has 1 aliphatic rings. The third-order valence-electron chi connectivity index (χ3n) is 2.23. The summed E-state index contributed by atoms with van der Waals surface area (Å²) < 4.78 is 4.89. The number of esters is 1. The highest BCUT2D eigenvalue weighted by Gasteiger charge is 2.29. The molecule has 0 aromatic heterocycles. The van der Waals surface area contributed by atoms with Crippen LogP contribution in [-0.4, -0.2) is 29.9 Å². The Morgan fingerprint density at radius 1 is 1.50 bits per heavy atom. The fourth-order valence-corrected chi connectivity index (χ4v) is 1.54. The zero-order valence-electron chi connectivity index (χ0n) is 8.79. The summed E-state index contributed by atoms with van der Waals surface area (Å²) in [6, 6.07) is 0. The first-order chi connectivity index (χ1) is 6.57. The molecule has 1 heterocycles. The number of nitrogens with zero attached hydrogens (tertiary/aromatic N) is 1. The Bertz CT molecular complexity index is 294. The molecule has 0 aromatic carbocycles. The van der Waals surface area contributed by atoms with Crippen molar-refractivity contribution in [1.82, 2.24) is 4.90 Å². The Kier molecular flexibility index (Phi) is 3.28. The SMILES string of the molecule is CCOC(=O)C1=C(C)CCN1C(C)=O. The highest BCUT2D eigenvalue weighted by molar-refractivity contribution is 5.94. The quantitative estimate of drug-likeness (QED) is 0.622. The van der Waals surface area contributed by atoms with E-state index in [4.69, 9.17) is 4.74 Å².